The number of carbonyl (C=O) groups excluding carboxylic acids is 1. The molecule has 0 radical (unpaired) electrons. The number of aryl methyl sites for hydroxylation is 1. The fourth-order valence-corrected chi connectivity index (χ4v) is 2.21. The molecule has 1 unspecified atom stereocenters. The van der Waals surface area contributed by atoms with Crippen LogP contribution in [0, 0.1) is 0 Å². The molecule has 1 rings (SSSR count). The van der Waals surface area contributed by atoms with Crippen LogP contribution in [0.2, 0.25) is 0 Å². The summed E-state index contributed by atoms with van der Waals surface area (Å²) in [5.41, 5.74) is 0.962. The molecule has 0 aromatic heterocycles. The smallest absolute Gasteiger partial charge is 0.326 e. The maximum atomic E-state index is 12.1. The Morgan fingerprint density at radius 3 is 2.52 bits per heavy atom. The Balaban J connectivity index is 2.66. The molecule has 1 atom stereocenters. The van der Waals surface area contributed by atoms with Gasteiger partial charge in [0.1, 0.15) is 11.8 Å². The lowest BCUT2D eigenvalue weighted by atomic mass is 10.1. The number of carboxylic acid groups (broad SMARTS) is 1. The van der Waals surface area contributed by atoms with E-state index in [4.69, 9.17) is 9.84 Å². The largest absolute Gasteiger partial charge is 0.494 e. The first-order valence-electron chi connectivity index (χ1n) is 7.20. The third kappa shape index (κ3) is 4.77. The summed E-state index contributed by atoms with van der Waals surface area (Å²) < 4.78 is 5.52. The quantitative estimate of drug-likeness (QED) is 0.799. The number of hydrogen-bond acceptors (Lipinski definition) is 3. The summed E-state index contributed by atoms with van der Waals surface area (Å²) in [4.78, 5) is 24.5. The normalized spacial score (nSPS) is 11.8. The van der Waals surface area contributed by atoms with Gasteiger partial charge in [-0.05, 0) is 31.4 Å². The molecular weight excluding hydrogens is 270 g/mol. The number of para-hydroxylation sites is 1. The van der Waals surface area contributed by atoms with Crippen LogP contribution in [0.25, 0.3) is 0 Å². The van der Waals surface area contributed by atoms with E-state index in [2.05, 4.69) is 0 Å². The highest BCUT2D eigenvalue weighted by Gasteiger charge is 2.24. The van der Waals surface area contributed by atoms with E-state index in [0.29, 0.717) is 19.4 Å². The molecule has 5 heteroatoms. The highest BCUT2D eigenvalue weighted by Crippen LogP contribution is 2.20. The molecule has 5 nitrogen and oxygen atoms in total. The van der Waals surface area contributed by atoms with Crippen LogP contribution in [0.15, 0.2) is 24.3 Å². The number of likely N-dealkylation sites (N-methyl/N-ethyl adjacent to an activating group) is 1. The van der Waals surface area contributed by atoms with Gasteiger partial charge in [-0.25, -0.2) is 4.79 Å². The van der Waals surface area contributed by atoms with Crippen LogP contribution >= 0.6 is 0 Å². The number of rotatable bonds is 8. The van der Waals surface area contributed by atoms with E-state index in [1.165, 1.54) is 4.90 Å². The topological polar surface area (TPSA) is 66.8 Å². The number of benzene rings is 1. The zero-order valence-electron chi connectivity index (χ0n) is 12.8. The minimum Gasteiger partial charge on any atom is -0.494 e. The van der Waals surface area contributed by atoms with Crippen molar-refractivity contribution in [1.82, 2.24) is 4.90 Å². The molecule has 1 aromatic rings. The molecule has 1 N–H and O–H groups in total. The van der Waals surface area contributed by atoms with Crippen LogP contribution in [0.3, 0.4) is 0 Å². The molecule has 0 fully saturated rings. The number of hydrogen-bond donors (Lipinski definition) is 1. The summed E-state index contributed by atoms with van der Waals surface area (Å²) >= 11 is 0. The van der Waals surface area contributed by atoms with Crippen LogP contribution in [0.1, 0.15) is 32.3 Å². The SMILES string of the molecule is CCOc1ccccc1CCC(=O)N(C)C(CC)C(=O)O. The summed E-state index contributed by atoms with van der Waals surface area (Å²) in [6.45, 7) is 4.24. The second kappa shape index (κ2) is 8.29. The van der Waals surface area contributed by atoms with Gasteiger partial charge in [0, 0.05) is 13.5 Å². The maximum Gasteiger partial charge on any atom is 0.326 e. The van der Waals surface area contributed by atoms with E-state index in [1.54, 1.807) is 14.0 Å². The Hall–Kier alpha value is -2.04. The van der Waals surface area contributed by atoms with Gasteiger partial charge in [-0.1, -0.05) is 25.1 Å². The molecular formula is C16H23NO4. The highest BCUT2D eigenvalue weighted by atomic mass is 16.5. The van der Waals surface area contributed by atoms with Crippen molar-refractivity contribution in [1.29, 1.82) is 0 Å². The predicted molar refractivity (Wildman–Crippen MR) is 80.4 cm³/mol. The maximum absolute atomic E-state index is 12.1. The van der Waals surface area contributed by atoms with Crippen molar-refractivity contribution in [3.63, 3.8) is 0 Å². The lowest BCUT2D eigenvalue weighted by Crippen LogP contribution is -2.42. The average Bonchev–Trinajstić information content (AvgIpc) is 2.46. The van der Waals surface area contributed by atoms with Crippen molar-refractivity contribution >= 4 is 11.9 Å². The minimum atomic E-state index is -0.969. The Morgan fingerprint density at radius 1 is 1.29 bits per heavy atom. The van der Waals surface area contributed by atoms with Gasteiger partial charge in [-0.2, -0.15) is 0 Å². The van der Waals surface area contributed by atoms with Gasteiger partial charge in [0.2, 0.25) is 5.91 Å². The number of carbonyl (C=O) groups is 2. The zero-order chi connectivity index (χ0) is 15.8. The minimum absolute atomic E-state index is 0.171. The van der Waals surface area contributed by atoms with Gasteiger partial charge in [-0.15, -0.1) is 0 Å². The lowest BCUT2D eigenvalue weighted by Gasteiger charge is -2.23. The van der Waals surface area contributed by atoms with Crippen molar-refractivity contribution in [2.24, 2.45) is 0 Å². The monoisotopic (exact) mass is 293 g/mol. The first-order valence-corrected chi connectivity index (χ1v) is 7.20. The van der Waals surface area contributed by atoms with Gasteiger partial charge in [0.25, 0.3) is 0 Å². The molecule has 116 valence electrons. The lowest BCUT2D eigenvalue weighted by molar-refractivity contribution is -0.149. The van der Waals surface area contributed by atoms with Gasteiger partial charge in [0.05, 0.1) is 6.61 Å². The van der Waals surface area contributed by atoms with Gasteiger partial charge >= 0.3 is 5.97 Å². The first kappa shape index (κ1) is 17.0. The number of carboxylic acids is 1. The third-order valence-corrected chi connectivity index (χ3v) is 3.41. The summed E-state index contributed by atoms with van der Waals surface area (Å²) in [5.74, 6) is -0.362. The second-order valence-electron chi connectivity index (χ2n) is 4.81. The molecule has 21 heavy (non-hydrogen) atoms. The van der Waals surface area contributed by atoms with E-state index in [-0.39, 0.29) is 12.3 Å². The predicted octanol–water partition coefficient (Wildman–Crippen LogP) is 2.34. The first-order chi connectivity index (χ1) is 10.0. The van der Waals surface area contributed by atoms with Crippen molar-refractivity contribution in [2.45, 2.75) is 39.2 Å². The van der Waals surface area contributed by atoms with Gasteiger partial charge in [0.15, 0.2) is 0 Å². The Bertz CT molecular complexity index is 487. The Kier molecular flexibility index (Phi) is 6.72. The third-order valence-electron chi connectivity index (χ3n) is 3.41. The molecule has 0 spiro atoms. The Morgan fingerprint density at radius 2 is 1.95 bits per heavy atom. The van der Waals surface area contributed by atoms with Crippen LogP contribution in [0.4, 0.5) is 0 Å². The molecule has 0 aliphatic rings. The van der Waals surface area contributed by atoms with Crippen LogP contribution < -0.4 is 4.74 Å². The van der Waals surface area contributed by atoms with E-state index < -0.39 is 12.0 Å². The van der Waals surface area contributed by atoms with E-state index >= 15 is 0 Å². The summed E-state index contributed by atoms with van der Waals surface area (Å²) in [6, 6.07) is 6.82. The van der Waals surface area contributed by atoms with E-state index in [0.717, 1.165) is 11.3 Å². The second-order valence-corrected chi connectivity index (χ2v) is 4.81. The number of nitrogens with zero attached hydrogens (tertiary/aromatic N) is 1. The fraction of sp³-hybridized carbons (Fsp3) is 0.500. The molecule has 0 aliphatic heterocycles. The summed E-state index contributed by atoms with van der Waals surface area (Å²) in [5, 5.41) is 9.08. The fourth-order valence-electron chi connectivity index (χ4n) is 2.21. The van der Waals surface area contributed by atoms with Crippen molar-refractivity contribution < 1.29 is 19.4 Å². The number of amides is 1. The van der Waals surface area contributed by atoms with Crippen LogP contribution in [0.5, 0.6) is 5.75 Å². The summed E-state index contributed by atoms with van der Waals surface area (Å²) in [7, 11) is 1.54. The van der Waals surface area contributed by atoms with Gasteiger partial charge in [-0.3, -0.25) is 4.79 Å². The summed E-state index contributed by atoms with van der Waals surface area (Å²) in [6.07, 6.45) is 1.20. The van der Waals surface area contributed by atoms with Crippen LogP contribution in [-0.2, 0) is 16.0 Å². The van der Waals surface area contributed by atoms with Gasteiger partial charge < -0.3 is 14.7 Å². The van der Waals surface area contributed by atoms with Crippen LogP contribution in [-0.4, -0.2) is 41.6 Å². The van der Waals surface area contributed by atoms with Crippen molar-refractivity contribution in [2.75, 3.05) is 13.7 Å². The van der Waals surface area contributed by atoms with Crippen molar-refractivity contribution in [3.05, 3.63) is 29.8 Å². The molecule has 0 saturated heterocycles. The highest BCUT2D eigenvalue weighted by molar-refractivity contribution is 5.83. The molecule has 0 heterocycles. The molecule has 0 bridgehead atoms. The molecule has 1 amide bonds. The Labute approximate surface area is 125 Å². The zero-order valence-corrected chi connectivity index (χ0v) is 12.8. The number of aliphatic carboxylic acids is 1. The van der Waals surface area contributed by atoms with E-state index in [1.807, 2.05) is 31.2 Å². The molecule has 0 saturated carbocycles. The standard InChI is InChI=1S/C16H23NO4/c1-4-13(16(19)20)17(3)15(18)11-10-12-8-6-7-9-14(12)21-5-2/h6-9,13H,4-5,10-11H2,1-3H3,(H,19,20). The van der Waals surface area contributed by atoms with E-state index in [9.17, 15) is 9.59 Å². The average molecular weight is 293 g/mol. The number of ether oxygens (including phenoxy) is 1. The van der Waals surface area contributed by atoms with Crippen molar-refractivity contribution in [3.8, 4) is 5.75 Å². The molecule has 0 aliphatic carbocycles. The molecule has 1 aromatic carbocycles.